The minimum atomic E-state index is -0.0743. The maximum Gasteiger partial charge on any atom is 0.256 e. The number of nitrogens with one attached hydrogen (secondary N) is 1. The molecule has 1 aromatic heterocycles. The topological polar surface area (TPSA) is 55.1 Å². The lowest BCUT2D eigenvalue weighted by Crippen LogP contribution is -2.03. The third kappa shape index (κ3) is 2.62. The summed E-state index contributed by atoms with van der Waals surface area (Å²) in [6, 6.07) is 21.5. The highest BCUT2D eigenvalue weighted by Gasteiger charge is 2.23. The van der Waals surface area contributed by atoms with Crippen LogP contribution in [0.2, 0.25) is 0 Å². The molecule has 27 heavy (non-hydrogen) atoms. The number of aromatic nitrogens is 1. The molecule has 130 valence electrons. The van der Waals surface area contributed by atoms with Crippen LogP contribution in [0.1, 0.15) is 16.7 Å². The summed E-state index contributed by atoms with van der Waals surface area (Å²) in [6.45, 7) is 2.02. The van der Waals surface area contributed by atoms with Gasteiger partial charge in [-0.25, -0.2) is 4.98 Å². The number of oxazole rings is 1. The molecule has 0 atom stereocenters. The Morgan fingerprint density at radius 2 is 1.78 bits per heavy atom. The molecule has 0 radical (unpaired) electrons. The number of benzene rings is 3. The lowest BCUT2D eigenvalue weighted by atomic mass is 10.0. The van der Waals surface area contributed by atoms with Gasteiger partial charge in [0, 0.05) is 22.4 Å². The fourth-order valence-corrected chi connectivity index (χ4v) is 3.38. The average molecular weight is 352 g/mol. The molecular weight excluding hydrogens is 336 g/mol. The Labute approximate surface area is 156 Å². The van der Waals surface area contributed by atoms with Gasteiger partial charge >= 0.3 is 0 Å². The van der Waals surface area contributed by atoms with Gasteiger partial charge in [-0.3, -0.25) is 4.79 Å². The van der Waals surface area contributed by atoms with Crippen molar-refractivity contribution >= 4 is 34.3 Å². The van der Waals surface area contributed by atoms with Crippen molar-refractivity contribution in [2.75, 3.05) is 5.32 Å². The molecule has 1 amide bonds. The van der Waals surface area contributed by atoms with E-state index < -0.39 is 0 Å². The molecular formula is C23H16N2O2. The van der Waals surface area contributed by atoms with Crippen molar-refractivity contribution < 1.29 is 9.21 Å². The summed E-state index contributed by atoms with van der Waals surface area (Å²) in [5, 5.41) is 2.89. The van der Waals surface area contributed by atoms with Crippen molar-refractivity contribution in [3.05, 3.63) is 83.4 Å². The number of carbonyl (C=O) groups excluding carboxylic acids is 1. The zero-order valence-corrected chi connectivity index (χ0v) is 14.7. The van der Waals surface area contributed by atoms with Gasteiger partial charge in [0.1, 0.15) is 5.52 Å². The summed E-state index contributed by atoms with van der Waals surface area (Å²) in [6.07, 6.45) is 1.90. The lowest BCUT2D eigenvalue weighted by Gasteiger charge is -2.00. The zero-order valence-electron chi connectivity index (χ0n) is 14.7. The number of nitrogens with zero attached hydrogens (tertiary/aromatic N) is 1. The molecule has 1 aliphatic heterocycles. The van der Waals surface area contributed by atoms with E-state index in [1.165, 1.54) is 0 Å². The van der Waals surface area contributed by atoms with Crippen LogP contribution >= 0.6 is 0 Å². The molecule has 5 rings (SSSR count). The van der Waals surface area contributed by atoms with Gasteiger partial charge in [-0.1, -0.05) is 42.5 Å². The zero-order chi connectivity index (χ0) is 18.4. The Morgan fingerprint density at radius 1 is 0.963 bits per heavy atom. The molecule has 0 spiro atoms. The number of carbonyl (C=O) groups is 1. The molecule has 0 bridgehead atoms. The number of rotatable bonds is 2. The molecule has 0 aliphatic carbocycles. The van der Waals surface area contributed by atoms with E-state index in [0.29, 0.717) is 11.5 Å². The molecule has 1 N–H and O–H groups in total. The Bertz CT molecular complexity index is 1220. The summed E-state index contributed by atoms with van der Waals surface area (Å²) in [5.74, 6) is 0.525. The van der Waals surface area contributed by atoms with Crippen LogP contribution in [0.15, 0.2) is 71.1 Å². The van der Waals surface area contributed by atoms with Gasteiger partial charge in [-0.15, -0.1) is 0 Å². The number of para-hydroxylation sites is 2. The molecule has 2 heterocycles. The molecule has 0 saturated carbocycles. The molecule has 4 aromatic rings. The van der Waals surface area contributed by atoms with Crippen LogP contribution in [0, 0.1) is 6.92 Å². The van der Waals surface area contributed by atoms with Crippen molar-refractivity contribution in [1.29, 1.82) is 0 Å². The number of aryl methyl sites for hydroxylation is 1. The van der Waals surface area contributed by atoms with Gasteiger partial charge in [0.15, 0.2) is 5.58 Å². The van der Waals surface area contributed by atoms with E-state index in [9.17, 15) is 4.79 Å². The van der Waals surface area contributed by atoms with Gasteiger partial charge in [-0.05, 0) is 48.4 Å². The highest BCUT2D eigenvalue weighted by Crippen LogP contribution is 2.33. The van der Waals surface area contributed by atoms with Gasteiger partial charge in [-0.2, -0.15) is 0 Å². The SMILES string of the molecule is Cc1cccc2oc(-c3ccc(C=C4C(=O)Nc5ccccc54)cc3)nc12. The van der Waals surface area contributed by atoms with Gasteiger partial charge < -0.3 is 9.73 Å². The first kappa shape index (κ1) is 15.6. The van der Waals surface area contributed by atoms with E-state index in [2.05, 4.69) is 10.3 Å². The Morgan fingerprint density at radius 3 is 2.59 bits per heavy atom. The van der Waals surface area contributed by atoms with Crippen LogP contribution in [-0.4, -0.2) is 10.9 Å². The predicted octanol–water partition coefficient (Wildman–Crippen LogP) is 5.30. The van der Waals surface area contributed by atoms with Gasteiger partial charge in [0.2, 0.25) is 5.89 Å². The largest absolute Gasteiger partial charge is 0.436 e. The highest BCUT2D eigenvalue weighted by atomic mass is 16.3. The van der Waals surface area contributed by atoms with E-state index in [-0.39, 0.29) is 5.91 Å². The predicted molar refractivity (Wildman–Crippen MR) is 107 cm³/mol. The highest BCUT2D eigenvalue weighted by molar-refractivity contribution is 6.34. The number of hydrogen-bond acceptors (Lipinski definition) is 3. The summed E-state index contributed by atoms with van der Waals surface area (Å²) >= 11 is 0. The third-order valence-electron chi connectivity index (χ3n) is 4.80. The summed E-state index contributed by atoms with van der Waals surface area (Å²) < 4.78 is 5.88. The molecule has 1 aliphatic rings. The number of amides is 1. The Balaban J connectivity index is 1.50. The van der Waals surface area contributed by atoms with Crippen molar-refractivity contribution in [2.24, 2.45) is 0 Å². The molecule has 0 saturated heterocycles. The van der Waals surface area contributed by atoms with Crippen molar-refractivity contribution in [1.82, 2.24) is 4.98 Å². The van der Waals surface area contributed by atoms with Gasteiger partial charge in [0.25, 0.3) is 5.91 Å². The molecule has 4 heteroatoms. The molecule has 0 unspecified atom stereocenters. The fourth-order valence-electron chi connectivity index (χ4n) is 3.38. The van der Waals surface area contributed by atoms with Crippen LogP contribution in [-0.2, 0) is 4.79 Å². The van der Waals surface area contributed by atoms with Crippen LogP contribution in [0.3, 0.4) is 0 Å². The number of anilines is 1. The smallest absolute Gasteiger partial charge is 0.256 e. The minimum Gasteiger partial charge on any atom is -0.436 e. The monoisotopic (exact) mass is 352 g/mol. The molecule has 3 aromatic carbocycles. The molecule has 0 fully saturated rings. The summed E-state index contributed by atoms with van der Waals surface area (Å²) in [4.78, 5) is 16.9. The maximum absolute atomic E-state index is 12.3. The van der Waals surface area contributed by atoms with Crippen LogP contribution in [0.4, 0.5) is 5.69 Å². The summed E-state index contributed by atoms with van der Waals surface area (Å²) in [5.41, 5.74) is 7.09. The van der Waals surface area contributed by atoms with E-state index in [1.54, 1.807) is 0 Å². The first-order valence-electron chi connectivity index (χ1n) is 8.78. The Hall–Kier alpha value is -3.66. The Kier molecular flexibility index (Phi) is 3.44. The normalized spacial score (nSPS) is 14.6. The van der Waals surface area contributed by atoms with Crippen molar-refractivity contribution in [2.45, 2.75) is 6.92 Å². The fraction of sp³-hybridized carbons (Fsp3) is 0.0435. The first-order valence-corrected chi connectivity index (χ1v) is 8.78. The number of hydrogen-bond donors (Lipinski definition) is 1. The second kappa shape index (κ2) is 5.95. The number of fused-ring (bicyclic) bond motifs is 2. The average Bonchev–Trinajstić information content (AvgIpc) is 3.25. The second-order valence-electron chi connectivity index (χ2n) is 6.62. The van der Waals surface area contributed by atoms with E-state index in [4.69, 9.17) is 4.42 Å². The minimum absolute atomic E-state index is 0.0743. The van der Waals surface area contributed by atoms with Crippen LogP contribution in [0.25, 0.3) is 34.2 Å². The van der Waals surface area contributed by atoms with E-state index in [1.807, 2.05) is 79.7 Å². The third-order valence-corrected chi connectivity index (χ3v) is 4.80. The summed E-state index contributed by atoms with van der Waals surface area (Å²) in [7, 11) is 0. The first-order chi connectivity index (χ1) is 13.2. The van der Waals surface area contributed by atoms with E-state index >= 15 is 0 Å². The quantitative estimate of drug-likeness (QED) is 0.498. The maximum atomic E-state index is 12.3. The standard InChI is InChI=1S/C23H16N2O2/c1-14-5-4-8-20-21(14)25-23(27-20)16-11-9-15(10-12-16)13-18-17-6-2-3-7-19(17)24-22(18)26/h2-13H,1H3,(H,24,26). The second-order valence-corrected chi connectivity index (χ2v) is 6.62. The lowest BCUT2D eigenvalue weighted by molar-refractivity contribution is -0.110. The van der Waals surface area contributed by atoms with Crippen LogP contribution in [0.5, 0.6) is 0 Å². The van der Waals surface area contributed by atoms with Crippen LogP contribution < -0.4 is 5.32 Å². The van der Waals surface area contributed by atoms with Gasteiger partial charge in [0.05, 0.1) is 0 Å². The van der Waals surface area contributed by atoms with E-state index in [0.717, 1.165) is 39.0 Å². The molecule has 4 nitrogen and oxygen atoms in total. The van der Waals surface area contributed by atoms with Crippen molar-refractivity contribution in [3.8, 4) is 11.5 Å². The van der Waals surface area contributed by atoms with Crippen molar-refractivity contribution in [3.63, 3.8) is 0 Å².